The van der Waals surface area contributed by atoms with Crippen LogP contribution < -0.4 is 0 Å². The van der Waals surface area contributed by atoms with Crippen molar-refractivity contribution in [1.29, 1.82) is 5.26 Å². The first-order valence-corrected chi connectivity index (χ1v) is 6.40. The van der Waals surface area contributed by atoms with Crippen LogP contribution in [0.25, 0.3) is 0 Å². The van der Waals surface area contributed by atoms with Crippen LogP contribution in [0.4, 0.5) is 0 Å². The molecular formula is C15H17NO3. The van der Waals surface area contributed by atoms with E-state index in [-0.39, 0.29) is 12.1 Å². The van der Waals surface area contributed by atoms with Crippen LogP contribution in [0.3, 0.4) is 0 Å². The number of hydrogen-bond acceptors (Lipinski definition) is 4. The van der Waals surface area contributed by atoms with Crippen molar-refractivity contribution in [3.8, 4) is 6.07 Å². The normalized spacial score (nSPS) is 18.7. The van der Waals surface area contributed by atoms with E-state index in [1.54, 1.807) is 0 Å². The van der Waals surface area contributed by atoms with Crippen molar-refractivity contribution in [3.05, 3.63) is 35.9 Å². The SMILES string of the molecule is CC(=O)[C@@](C#N)(CCC1OCCO1)c1ccccc1. The minimum absolute atomic E-state index is 0.140. The van der Waals surface area contributed by atoms with Gasteiger partial charge in [0.2, 0.25) is 0 Å². The van der Waals surface area contributed by atoms with Crippen LogP contribution >= 0.6 is 0 Å². The number of Topliss-reactive ketones (excluding diaryl/α,β-unsaturated/α-hetero) is 1. The van der Waals surface area contributed by atoms with Gasteiger partial charge in [0.25, 0.3) is 0 Å². The number of carbonyl (C=O) groups is 1. The summed E-state index contributed by atoms with van der Waals surface area (Å²) in [6.45, 7) is 2.62. The topological polar surface area (TPSA) is 59.3 Å². The molecule has 4 nitrogen and oxygen atoms in total. The molecule has 0 aliphatic carbocycles. The quantitative estimate of drug-likeness (QED) is 0.813. The fourth-order valence-corrected chi connectivity index (χ4v) is 2.35. The Morgan fingerprint density at radius 2 is 2.00 bits per heavy atom. The summed E-state index contributed by atoms with van der Waals surface area (Å²) >= 11 is 0. The van der Waals surface area contributed by atoms with E-state index < -0.39 is 5.41 Å². The van der Waals surface area contributed by atoms with E-state index in [4.69, 9.17) is 9.47 Å². The van der Waals surface area contributed by atoms with Crippen molar-refractivity contribution < 1.29 is 14.3 Å². The third-order valence-electron chi connectivity index (χ3n) is 3.50. The van der Waals surface area contributed by atoms with Crippen LogP contribution in [-0.2, 0) is 19.7 Å². The lowest BCUT2D eigenvalue weighted by molar-refractivity contribution is -0.121. The Bertz CT molecular complexity index is 474. The van der Waals surface area contributed by atoms with Crippen molar-refractivity contribution in [2.45, 2.75) is 31.5 Å². The van der Waals surface area contributed by atoms with Gasteiger partial charge in [-0.1, -0.05) is 30.3 Å². The summed E-state index contributed by atoms with van der Waals surface area (Å²) in [6, 6.07) is 11.4. The molecule has 0 bridgehead atoms. The summed E-state index contributed by atoms with van der Waals surface area (Å²) in [5, 5.41) is 9.52. The largest absolute Gasteiger partial charge is 0.350 e. The maximum Gasteiger partial charge on any atom is 0.157 e. The monoisotopic (exact) mass is 259 g/mol. The fourth-order valence-electron chi connectivity index (χ4n) is 2.35. The second-order valence-corrected chi connectivity index (χ2v) is 4.65. The Labute approximate surface area is 112 Å². The molecule has 1 aromatic rings. The number of rotatable bonds is 5. The standard InChI is InChI=1S/C15H17NO3/c1-12(17)15(11-16,13-5-3-2-4-6-13)8-7-14-18-9-10-19-14/h2-6,14H,7-10H2,1H3/t15-/m0/s1. The van der Waals surface area contributed by atoms with Gasteiger partial charge in [0, 0.05) is 6.42 Å². The van der Waals surface area contributed by atoms with Gasteiger partial charge in [-0.25, -0.2) is 0 Å². The highest BCUT2D eigenvalue weighted by molar-refractivity contribution is 5.91. The van der Waals surface area contributed by atoms with Gasteiger partial charge in [0.1, 0.15) is 5.41 Å². The summed E-state index contributed by atoms with van der Waals surface area (Å²) < 4.78 is 10.7. The van der Waals surface area contributed by atoms with E-state index in [9.17, 15) is 10.1 Å². The van der Waals surface area contributed by atoms with E-state index in [1.165, 1.54) is 6.92 Å². The predicted molar refractivity (Wildman–Crippen MR) is 69.3 cm³/mol. The van der Waals surface area contributed by atoms with Gasteiger partial charge in [-0.3, -0.25) is 4.79 Å². The van der Waals surface area contributed by atoms with Crippen LogP contribution in [0, 0.1) is 11.3 Å². The number of hydrogen-bond donors (Lipinski definition) is 0. The van der Waals surface area contributed by atoms with E-state index in [2.05, 4.69) is 6.07 Å². The van der Waals surface area contributed by atoms with E-state index in [0.29, 0.717) is 26.1 Å². The average molecular weight is 259 g/mol. The minimum atomic E-state index is -1.10. The average Bonchev–Trinajstić information content (AvgIpc) is 2.94. The first kappa shape index (κ1) is 13.7. The molecular weight excluding hydrogens is 242 g/mol. The molecule has 1 fully saturated rings. The summed E-state index contributed by atoms with van der Waals surface area (Å²) in [4.78, 5) is 12.0. The third kappa shape index (κ3) is 2.83. The second-order valence-electron chi connectivity index (χ2n) is 4.65. The summed E-state index contributed by atoms with van der Waals surface area (Å²) in [7, 11) is 0. The van der Waals surface area contributed by atoms with Crippen LogP contribution in [0.15, 0.2) is 30.3 Å². The van der Waals surface area contributed by atoms with Gasteiger partial charge >= 0.3 is 0 Å². The van der Waals surface area contributed by atoms with Crippen molar-refractivity contribution in [2.75, 3.05) is 13.2 Å². The molecule has 0 unspecified atom stereocenters. The summed E-state index contributed by atoms with van der Waals surface area (Å²) in [6.07, 6.45) is 0.658. The number of nitrogens with zero attached hydrogens (tertiary/aromatic N) is 1. The fraction of sp³-hybridized carbons (Fsp3) is 0.467. The molecule has 1 aliphatic rings. The van der Waals surface area contributed by atoms with Crippen LogP contribution in [0.5, 0.6) is 0 Å². The molecule has 1 saturated heterocycles. The predicted octanol–water partition coefficient (Wildman–Crippen LogP) is 2.19. The van der Waals surface area contributed by atoms with E-state index in [0.717, 1.165) is 5.56 Å². The Balaban J connectivity index is 2.20. The molecule has 0 spiro atoms. The van der Waals surface area contributed by atoms with Gasteiger partial charge in [0.05, 0.1) is 19.3 Å². The summed E-state index contributed by atoms with van der Waals surface area (Å²) in [5.74, 6) is -0.140. The molecule has 100 valence electrons. The van der Waals surface area contributed by atoms with Gasteiger partial charge in [-0.05, 0) is 18.9 Å². The molecule has 1 atom stereocenters. The Kier molecular flexibility index (Phi) is 4.31. The van der Waals surface area contributed by atoms with E-state index >= 15 is 0 Å². The Hall–Kier alpha value is -1.70. The highest BCUT2D eigenvalue weighted by Gasteiger charge is 2.38. The van der Waals surface area contributed by atoms with Crippen molar-refractivity contribution in [2.24, 2.45) is 0 Å². The lowest BCUT2D eigenvalue weighted by atomic mass is 9.75. The van der Waals surface area contributed by atoms with Crippen LogP contribution in [0.2, 0.25) is 0 Å². The first-order valence-electron chi connectivity index (χ1n) is 6.40. The molecule has 0 saturated carbocycles. The molecule has 0 radical (unpaired) electrons. The van der Waals surface area contributed by atoms with Crippen molar-refractivity contribution >= 4 is 5.78 Å². The highest BCUT2D eigenvalue weighted by Crippen LogP contribution is 2.31. The van der Waals surface area contributed by atoms with Crippen LogP contribution in [0.1, 0.15) is 25.3 Å². The molecule has 0 amide bonds. The van der Waals surface area contributed by atoms with Crippen molar-refractivity contribution in [3.63, 3.8) is 0 Å². The first-order chi connectivity index (χ1) is 9.19. The van der Waals surface area contributed by atoms with Gasteiger partial charge < -0.3 is 9.47 Å². The molecule has 1 heterocycles. The summed E-state index contributed by atoms with van der Waals surface area (Å²) in [5.41, 5.74) is -0.362. The minimum Gasteiger partial charge on any atom is -0.350 e. The maximum absolute atomic E-state index is 12.0. The number of nitriles is 1. The molecule has 2 rings (SSSR count). The molecule has 1 aromatic carbocycles. The second kappa shape index (κ2) is 5.96. The molecule has 0 aromatic heterocycles. The number of ketones is 1. The van der Waals surface area contributed by atoms with Gasteiger partial charge in [0.15, 0.2) is 12.1 Å². The van der Waals surface area contributed by atoms with Crippen molar-refractivity contribution in [1.82, 2.24) is 0 Å². The number of ether oxygens (including phenoxy) is 2. The Morgan fingerprint density at radius 1 is 1.37 bits per heavy atom. The molecule has 0 N–H and O–H groups in total. The number of carbonyl (C=O) groups excluding carboxylic acids is 1. The lowest BCUT2D eigenvalue weighted by Gasteiger charge is -2.25. The maximum atomic E-state index is 12.0. The van der Waals surface area contributed by atoms with E-state index in [1.807, 2.05) is 30.3 Å². The zero-order valence-electron chi connectivity index (χ0n) is 11.0. The van der Waals surface area contributed by atoms with Gasteiger partial charge in [-0.2, -0.15) is 5.26 Å². The molecule has 4 heteroatoms. The highest BCUT2D eigenvalue weighted by atomic mass is 16.7. The molecule has 1 aliphatic heterocycles. The molecule has 19 heavy (non-hydrogen) atoms. The van der Waals surface area contributed by atoms with Crippen LogP contribution in [-0.4, -0.2) is 25.3 Å². The number of benzene rings is 1. The smallest absolute Gasteiger partial charge is 0.157 e. The zero-order chi connectivity index (χ0) is 13.7. The zero-order valence-corrected chi connectivity index (χ0v) is 11.0. The lowest BCUT2D eigenvalue weighted by Crippen LogP contribution is -2.33. The third-order valence-corrected chi connectivity index (χ3v) is 3.50. The van der Waals surface area contributed by atoms with Gasteiger partial charge in [-0.15, -0.1) is 0 Å². The Morgan fingerprint density at radius 3 is 2.53 bits per heavy atom.